The van der Waals surface area contributed by atoms with Crippen LogP contribution >= 0.6 is 11.3 Å². The molecular formula is C15H17N5O4S2. The smallest absolute Gasteiger partial charge is 0.275 e. The fourth-order valence-corrected chi connectivity index (χ4v) is 4.61. The zero-order chi connectivity index (χ0) is 18.9. The normalized spacial score (nSPS) is 11.8. The highest BCUT2D eigenvalue weighted by atomic mass is 32.2. The van der Waals surface area contributed by atoms with Gasteiger partial charge in [-0.15, -0.1) is 0 Å². The zero-order valence-corrected chi connectivity index (χ0v) is 15.7. The lowest BCUT2D eigenvalue weighted by Crippen LogP contribution is -2.30. The molecule has 0 fully saturated rings. The van der Waals surface area contributed by atoms with Crippen molar-refractivity contribution in [2.45, 2.75) is 17.7 Å². The minimum Gasteiger partial charge on any atom is -0.346 e. The first-order valence-corrected chi connectivity index (χ1v) is 9.95. The first kappa shape index (κ1) is 18.3. The lowest BCUT2D eigenvalue weighted by Gasteiger charge is -2.08. The Morgan fingerprint density at radius 2 is 2.04 bits per heavy atom. The molecule has 11 heteroatoms. The third-order valence-corrected chi connectivity index (χ3v) is 6.51. The van der Waals surface area contributed by atoms with Crippen LogP contribution in [0.15, 0.2) is 39.7 Å². The summed E-state index contributed by atoms with van der Waals surface area (Å²) in [4.78, 5) is 27.3. The Bertz CT molecular complexity index is 1130. The van der Waals surface area contributed by atoms with E-state index in [1.54, 1.807) is 24.0 Å². The van der Waals surface area contributed by atoms with Crippen LogP contribution in [0.4, 0.5) is 5.13 Å². The molecule has 0 aliphatic rings. The molecule has 9 nitrogen and oxygen atoms in total. The highest BCUT2D eigenvalue weighted by Gasteiger charge is 2.18. The number of sulfonamides is 1. The molecule has 0 aliphatic heterocycles. The van der Waals surface area contributed by atoms with Gasteiger partial charge in [-0.25, -0.2) is 18.1 Å². The van der Waals surface area contributed by atoms with E-state index < -0.39 is 10.0 Å². The fourth-order valence-electron chi connectivity index (χ4n) is 2.47. The number of fused-ring (bicyclic) bond motifs is 1. The van der Waals surface area contributed by atoms with E-state index in [4.69, 9.17) is 0 Å². The van der Waals surface area contributed by atoms with Crippen molar-refractivity contribution in [2.75, 3.05) is 11.9 Å². The molecule has 0 atom stereocenters. The predicted octanol–water partition coefficient (Wildman–Crippen LogP) is 0.733. The molecule has 0 aromatic carbocycles. The SMILES string of the molecule is CC(=O)Nc1ncc(S(=O)(=O)NCCn2ccc3ccn(C)c3c2=O)s1. The maximum Gasteiger partial charge on any atom is 0.275 e. The number of rotatable bonds is 6. The summed E-state index contributed by atoms with van der Waals surface area (Å²) in [6.07, 6.45) is 4.62. The quantitative estimate of drug-likeness (QED) is 0.639. The Kier molecular flexibility index (Phi) is 4.94. The van der Waals surface area contributed by atoms with Crippen molar-refractivity contribution in [2.24, 2.45) is 7.05 Å². The molecule has 0 bridgehead atoms. The van der Waals surface area contributed by atoms with Crippen molar-refractivity contribution in [3.05, 3.63) is 41.1 Å². The summed E-state index contributed by atoms with van der Waals surface area (Å²) < 4.78 is 30.2. The number of aromatic nitrogens is 3. The van der Waals surface area contributed by atoms with E-state index in [2.05, 4.69) is 15.0 Å². The Balaban J connectivity index is 1.70. The third kappa shape index (κ3) is 3.69. The third-order valence-electron chi connectivity index (χ3n) is 3.68. The average molecular weight is 395 g/mol. The monoisotopic (exact) mass is 395 g/mol. The molecule has 0 spiro atoms. The lowest BCUT2D eigenvalue weighted by atomic mass is 10.3. The molecule has 0 unspecified atom stereocenters. The number of pyridine rings is 1. The Hall–Kier alpha value is -2.50. The first-order valence-electron chi connectivity index (χ1n) is 7.65. The van der Waals surface area contributed by atoms with Gasteiger partial charge >= 0.3 is 0 Å². The maximum absolute atomic E-state index is 12.5. The fraction of sp³-hybridized carbons (Fsp3) is 0.267. The molecule has 0 radical (unpaired) electrons. The molecular weight excluding hydrogens is 378 g/mol. The molecule has 3 aromatic heterocycles. The topological polar surface area (TPSA) is 115 Å². The largest absolute Gasteiger partial charge is 0.346 e. The van der Waals surface area contributed by atoms with Crippen molar-refractivity contribution in [1.29, 1.82) is 0 Å². The zero-order valence-electron chi connectivity index (χ0n) is 14.1. The van der Waals surface area contributed by atoms with Crippen LogP contribution in [0.25, 0.3) is 10.9 Å². The van der Waals surface area contributed by atoms with Crippen molar-refractivity contribution >= 4 is 43.3 Å². The van der Waals surface area contributed by atoms with Gasteiger partial charge < -0.3 is 14.5 Å². The minimum absolute atomic E-state index is 0.00789. The highest BCUT2D eigenvalue weighted by Crippen LogP contribution is 2.22. The van der Waals surface area contributed by atoms with Crippen LogP contribution in [0.5, 0.6) is 0 Å². The summed E-state index contributed by atoms with van der Waals surface area (Å²) in [6.45, 7) is 1.55. The molecule has 0 aliphatic carbocycles. The Labute approximate surface area is 153 Å². The van der Waals surface area contributed by atoms with Crippen LogP contribution in [-0.4, -0.2) is 35.0 Å². The van der Waals surface area contributed by atoms with Crippen molar-refractivity contribution in [3.8, 4) is 0 Å². The summed E-state index contributed by atoms with van der Waals surface area (Å²) in [5.74, 6) is -0.327. The molecule has 26 heavy (non-hydrogen) atoms. The van der Waals surface area contributed by atoms with Crippen LogP contribution in [0.3, 0.4) is 0 Å². The number of nitrogens with zero attached hydrogens (tertiary/aromatic N) is 3. The second-order valence-corrected chi connectivity index (χ2v) is 8.63. The Morgan fingerprint density at radius 1 is 1.31 bits per heavy atom. The lowest BCUT2D eigenvalue weighted by molar-refractivity contribution is -0.114. The van der Waals surface area contributed by atoms with Gasteiger partial charge in [0, 0.05) is 44.8 Å². The summed E-state index contributed by atoms with van der Waals surface area (Å²) in [5.41, 5.74) is 0.387. The number of carbonyl (C=O) groups excluding carboxylic acids is 1. The van der Waals surface area contributed by atoms with E-state index in [0.29, 0.717) is 5.52 Å². The summed E-state index contributed by atoms with van der Waals surface area (Å²) in [7, 11) is -1.98. The van der Waals surface area contributed by atoms with Crippen LogP contribution in [-0.2, 0) is 28.4 Å². The number of hydrogen-bond donors (Lipinski definition) is 2. The molecule has 2 N–H and O–H groups in total. The standard InChI is InChI=1S/C15H17N5O4S2/c1-10(21)18-15-16-9-12(25-15)26(23,24)17-5-8-20-7-4-11-3-6-19(2)13(11)14(20)22/h3-4,6-7,9,17H,5,8H2,1-2H3,(H,16,18,21). The van der Waals surface area contributed by atoms with Crippen molar-refractivity contribution in [1.82, 2.24) is 18.8 Å². The summed E-state index contributed by atoms with van der Waals surface area (Å²) in [6, 6.07) is 3.66. The van der Waals surface area contributed by atoms with Gasteiger partial charge in [-0.2, -0.15) is 0 Å². The summed E-state index contributed by atoms with van der Waals surface area (Å²) in [5, 5.41) is 3.48. The van der Waals surface area contributed by atoms with E-state index in [9.17, 15) is 18.0 Å². The van der Waals surface area contributed by atoms with Crippen LogP contribution in [0.1, 0.15) is 6.92 Å². The molecule has 0 saturated carbocycles. The number of aryl methyl sites for hydroxylation is 1. The second-order valence-electron chi connectivity index (χ2n) is 5.61. The van der Waals surface area contributed by atoms with Gasteiger partial charge in [0.1, 0.15) is 5.52 Å². The number of amides is 1. The van der Waals surface area contributed by atoms with E-state index in [1.165, 1.54) is 17.7 Å². The number of hydrogen-bond acceptors (Lipinski definition) is 6. The molecule has 0 saturated heterocycles. The van der Waals surface area contributed by atoms with Gasteiger partial charge in [0.05, 0.1) is 6.20 Å². The van der Waals surface area contributed by atoms with Crippen molar-refractivity contribution < 1.29 is 13.2 Å². The van der Waals surface area contributed by atoms with Gasteiger partial charge in [-0.05, 0) is 12.1 Å². The maximum atomic E-state index is 12.5. The van der Waals surface area contributed by atoms with Gasteiger partial charge in [-0.1, -0.05) is 11.3 Å². The number of thiazole rings is 1. The Morgan fingerprint density at radius 3 is 2.77 bits per heavy atom. The predicted molar refractivity (Wildman–Crippen MR) is 98.8 cm³/mol. The van der Waals surface area contributed by atoms with E-state index in [0.717, 1.165) is 16.7 Å². The van der Waals surface area contributed by atoms with E-state index in [1.807, 2.05) is 12.1 Å². The number of carbonyl (C=O) groups is 1. The molecule has 3 aromatic rings. The first-order chi connectivity index (χ1) is 12.3. The van der Waals surface area contributed by atoms with Gasteiger partial charge in [0.25, 0.3) is 15.6 Å². The number of nitrogens with one attached hydrogen (secondary N) is 2. The van der Waals surface area contributed by atoms with Gasteiger partial charge in [-0.3, -0.25) is 9.59 Å². The average Bonchev–Trinajstić information content (AvgIpc) is 3.17. The highest BCUT2D eigenvalue weighted by molar-refractivity contribution is 7.91. The molecule has 1 amide bonds. The van der Waals surface area contributed by atoms with Crippen LogP contribution in [0.2, 0.25) is 0 Å². The molecule has 3 rings (SSSR count). The summed E-state index contributed by atoms with van der Waals surface area (Å²) >= 11 is 0.857. The van der Waals surface area contributed by atoms with Crippen LogP contribution in [0, 0.1) is 0 Å². The molecule has 3 heterocycles. The second kappa shape index (κ2) is 7.02. The van der Waals surface area contributed by atoms with Gasteiger partial charge in [0.2, 0.25) is 5.91 Å². The minimum atomic E-state index is -3.76. The number of anilines is 1. The van der Waals surface area contributed by atoms with Gasteiger partial charge in [0.15, 0.2) is 9.34 Å². The van der Waals surface area contributed by atoms with E-state index >= 15 is 0 Å². The molecule has 138 valence electrons. The van der Waals surface area contributed by atoms with Crippen LogP contribution < -0.4 is 15.6 Å². The van der Waals surface area contributed by atoms with E-state index in [-0.39, 0.29) is 33.9 Å². The van der Waals surface area contributed by atoms with Crippen molar-refractivity contribution in [3.63, 3.8) is 0 Å².